The van der Waals surface area contributed by atoms with Crippen molar-refractivity contribution in [2.24, 2.45) is 0 Å². The molecule has 1 aliphatic rings. The highest BCUT2D eigenvalue weighted by molar-refractivity contribution is 5.41. The van der Waals surface area contributed by atoms with Crippen molar-refractivity contribution in [1.82, 2.24) is 5.32 Å². The Hall–Kier alpha value is -2.40. The van der Waals surface area contributed by atoms with E-state index in [0.29, 0.717) is 19.7 Å². The monoisotopic (exact) mass is 287 g/mol. The van der Waals surface area contributed by atoms with Gasteiger partial charge in [0.15, 0.2) is 23.0 Å². The summed E-state index contributed by atoms with van der Waals surface area (Å²) in [5, 5.41) is 21.9. The average molecular weight is 287 g/mol. The van der Waals surface area contributed by atoms with Gasteiger partial charge in [-0.3, -0.25) is 0 Å². The van der Waals surface area contributed by atoms with Crippen LogP contribution in [0.5, 0.6) is 23.0 Å². The van der Waals surface area contributed by atoms with E-state index in [-0.39, 0.29) is 17.6 Å². The maximum atomic E-state index is 9.43. The van der Waals surface area contributed by atoms with E-state index >= 15 is 0 Å². The van der Waals surface area contributed by atoms with E-state index in [1.165, 1.54) is 12.1 Å². The van der Waals surface area contributed by atoms with Crippen molar-refractivity contribution in [3.8, 4) is 23.0 Å². The van der Waals surface area contributed by atoms with E-state index in [4.69, 9.17) is 9.47 Å². The fourth-order valence-corrected chi connectivity index (χ4v) is 2.22. The number of fused-ring (bicyclic) bond motifs is 1. The minimum absolute atomic E-state index is 0.0504. The van der Waals surface area contributed by atoms with Crippen molar-refractivity contribution in [3.05, 3.63) is 48.0 Å². The molecule has 0 aromatic heterocycles. The number of phenols is 2. The van der Waals surface area contributed by atoms with E-state index in [1.54, 1.807) is 6.07 Å². The van der Waals surface area contributed by atoms with Crippen LogP contribution in [0.2, 0.25) is 0 Å². The van der Waals surface area contributed by atoms with Crippen LogP contribution in [0.4, 0.5) is 0 Å². The summed E-state index contributed by atoms with van der Waals surface area (Å²) in [7, 11) is 0. The maximum absolute atomic E-state index is 9.43. The largest absolute Gasteiger partial charge is 0.504 e. The van der Waals surface area contributed by atoms with Crippen LogP contribution < -0.4 is 14.8 Å². The molecule has 1 atom stereocenters. The second kappa shape index (κ2) is 5.93. The number of hydrogen-bond donors (Lipinski definition) is 3. The van der Waals surface area contributed by atoms with Crippen molar-refractivity contribution < 1.29 is 19.7 Å². The van der Waals surface area contributed by atoms with Crippen LogP contribution in [0.15, 0.2) is 42.5 Å². The van der Waals surface area contributed by atoms with Crippen molar-refractivity contribution in [1.29, 1.82) is 0 Å². The molecular weight excluding hydrogens is 270 g/mol. The van der Waals surface area contributed by atoms with Crippen molar-refractivity contribution >= 4 is 0 Å². The zero-order valence-electron chi connectivity index (χ0n) is 11.5. The topological polar surface area (TPSA) is 71.0 Å². The van der Waals surface area contributed by atoms with Crippen molar-refractivity contribution in [3.63, 3.8) is 0 Å². The predicted octanol–water partition coefficient (Wildman–Crippen LogP) is 2.03. The summed E-state index contributed by atoms with van der Waals surface area (Å²) in [6, 6.07) is 12.4. The van der Waals surface area contributed by atoms with Gasteiger partial charge in [-0.2, -0.15) is 0 Å². The zero-order chi connectivity index (χ0) is 14.7. The summed E-state index contributed by atoms with van der Waals surface area (Å²) >= 11 is 0. The molecule has 2 aromatic rings. The van der Waals surface area contributed by atoms with E-state index in [2.05, 4.69) is 5.32 Å². The van der Waals surface area contributed by atoms with Gasteiger partial charge in [-0.1, -0.05) is 18.2 Å². The molecule has 0 amide bonds. The Balaban J connectivity index is 1.51. The number of nitrogens with one attached hydrogen (secondary N) is 1. The summed E-state index contributed by atoms with van der Waals surface area (Å²) in [6.45, 7) is 1.72. The van der Waals surface area contributed by atoms with Crippen LogP contribution in [-0.2, 0) is 6.54 Å². The summed E-state index contributed by atoms with van der Waals surface area (Å²) in [5.74, 6) is 1.31. The zero-order valence-corrected chi connectivity index (χ0v) is 11.5. The number of para-hydroxylation sites is 2. The van der Waals surface area contributed by atoms with Gasteiger partial charge in [0.05, 0.1) is 0 Å². The SMILES string of the molecule is Oc1ccc(CNCC2COc3ccccc3O2)cc1O. The fraction of sp³-hybridized carbons (Fsp3) is 0.250. The second-order valence-electron chi connectivity index (χ2n) is 4.95. The Morgan fingerprint density at radius 1 is 1.05 bits per heavy atom. The lowest BCUT2D eigenvalue weighted by Gasteiger charge is -2.26. The Morgan fingerprint density at radius 3 is 2.67 bits per heavy atom. The molecule has 5 heteroatoms. The summed E-state index contributed by atoms with van der Waals surface area (Å²) in [5.41, 5.74) is 0.891. The van der Waals surface area contributed by atoms with Crippen LogP contribution in [0, 0.1) is 0 Å². The molecule has 0 radical (unpaired) electrons. The maximum Gasteiger partial charge on any atom is 0.161 e. The molecular formula is C16H17NO4. The smallest absolute Gasteiger partial charge is 0.161 e. The third kappa shape index (κ3) is 3.20. The van der Waals surface area contributed by atoms with Crippen LogP contribution in [0.3, 0.4) is 0 Å². The molecule has 5 nitrogen and oxygen atoms in total. The molecule has 0 spiro atoms. The average Bonchev–Trinajstić information content (AvgIpc) is 2.51. The number of ether oxygens (including phenoxy) is 2. The van der Waals surface area contributed by atoms with Gasteiger partial charge in [0, 0.05) is 13.1 Å². The Bertz CT molecular complexity index is 629. The Kier molecular flexibility index (Phi) is 3.83. The molecule has 3 N–H and O–H groups in total. The molecule has 110 valence electrons. The third-order valence-corrected chi connectivity index (χ3v) is 3.31. The van der Waals surface area contributed by atoms with Crippen LogP contribution >= 0.6 is 0 Å². The molecule has 0 saturated carbocycles. The second-order valence-corrected chi connectivity index (χ2v) is 4.95. The predicted molar refractivity (Wildman–Crippen MR) is 77.8 cm³/mol. The molecule has 2 aromatic carbocycles. The minimum atomic E-state index is -0.112. The highest BCUT2D eigenvalue weighted by atomic mass is 16.6. The third-order valence-electron chi connectivity index (χ3n) is 3.31. The van der Waals surface area contributed by atoms with E-state index < -0.39 is 0 Å². The van der Waals surface area contributed by atoms with Crippen molar-refractivity contribution in [2.45, 2.75) is 12.6 Å². The highest BCUT2D eigenvalue weighted by Crippen LogP contribution is 2.30. The molecule has 0 saturated heterocycles. The highest BCUT2D eigenvalue weighted by Gasteiger charge is 2.19. The number of phenolic OH excluding ortho intramolecular Hbond substituents is 2. The first-order valence-electron chi connectivity index (χ1n) is 6.82. The van der Waals surface area contributed by atoms with Gasteiger partial charge in [-0.15, -0.1) is 0 Å². The normalized spacial score (nSPS) is 16.7. The number of rotatable bonds is 4. The van der Waals surface area contributed by atoms with Gasteiger partial charge < -0.3 is 25.0 Å². The van der Waals surface area contributed by atoms with E-state index in [9.17, 15) is 10.2 Å². The molecule has 1 heterocycles. The number of benzene rings is 2. The van der Waals surface area contributed by atoms with Gasteiger partial charge in [0.2, 0.25) is 0 Å². The Labute approximate surface area is 122 Å². The van der Waals surface area contributed by atoms with E-state index in [1.807, 2.05) is 24.3 Å². The van der Waals surface area contributed by atoms with Crippen molar-refractivity contribution in [2.75, 3.05) is 13.2 Å². The molecule has 3 rings (SSSR count). The minimum Gasteiger partial charge on any atom is -0.504 e. The van der Waals surface area contributed by atoms with Gasteiger partial charge in [-0.05, 0) is 29.8 Å². The van der Waals surface area contributed by atoms with Crippen LogP contribution in [-0.4, -0.2) is 29.5 Å². The molecule has 1 unspecified atom stereocenters. The first kappa shape index (κ1) is 13.6. The first-order valence-corrected chi connectivity index (χ1v) is 6.82. The lowest BCUT2D eigenvalue weighted by atomic mass is 10.2. The lowest BCUT2D eigenvalue weighted by Crippen LogP contribution is -2.38. The standard InChI is InChI=1S/C16H17NO4/c18-13-6-5-11(7-14(13)19)8-17-9-12-10-20-15-3-1-2-4-16(15)21-12/h1-7,12,17-19H,8-10H2. The number of hydrogen-bond acceptors (Lipinski definition) is 5. The summed E-state index contributed by atoms with van der Waals surface area (Å²) in [6.07, 6.45) is -0.0504. The summed E-state index contributed by atoms with van der Waals surface area (Å²) < 4.78 is 11.5. The summed E-state index contributed by atoms with van der Waals surface area (Å²) in [4.78, 5) is 0. The fourth-order valence-electron chi connectivity index (χ4n) is 2.22. The van der Waals surface area contributed by atoms with Gasteiger partial charge >= 0.3 is 0 Å². The van der Waals surface area contributed by atoms with Gasteiger partial charge in [0.1, 0.15) is 12.7 Å². The van der Waals surface area contributed by atoms with Crippen LogP contribution in [0.25, 0.3) is 0 Å². The van der Waals surface area contributed by atoms with Gasteiger partial charge in [0.25, 0.3) is 0 Å². The number of aromatic hydroxyl groups is 2. The molecule has 0 fully saturated rings. The molecule has 21 heavy (non-hydrogen) atoms. The van der Waals surface area contributed by atoms with Crippen LogP contribution in [0.1, 0.15) is 5.56 Å². The quantitative estimate of drug-likeness (QED) is 0.751. The van der Waals surface area contributed by atoms with Gasteiger partial charge in [-0.25, -0.2) is 0 Å². The molecule has 1 aliphatic heterocycles. The van der Waals surface area contributed by atoms with E-state index in [0.717, 1.165) is 17.1 Å². The Morgan fingerprint density at radius 2 is 1.86 bits per heavy atom. The first-order chi connectivity index (χ1) is 10.2. The molecule has 0 aliphatic carbocycles. The molecule has 0 bridgehead atoms. The lowest BCUT2D eigenvalue weighted by molar-refractivity contribution is 0.0902.